The molecule has 0 aliphatic heterocycles. The molecule has 0 fully saturated rings. The standard InChI is InChI=1S/C18H22BrN/c1-4-20-18(12-15-7-5-13(2)6-8-15)16-9-10-17(19)14(3)11-16/h5-11,18,20H,4,12H2,1-3H3. The highest BCUT2D eigenvalue weighted by Crippen LogP contribution is 2.24. The zero-order valence-corrected chi connectivity index (χ0v) is 14.0. The second-order valence-corrected chi connectivity index (χ2v) is 6.16. The number of benzene rings is 2. The first-order valence-electron chi connectivity index (χ1n) is 7.15. The summed E-state index contributed by atoms with van der Waals surface area (Å²) in [6.07, 6.45) is 1.02. The lowest BCUT2D eigenvalue weighted by Crippen LogP contribution is -2.23. The van der Waals surface area contributed by atoms with E-state index >= 15 is 0 Å². The number of hydrogen-bond acceptors (Lipinski definition) is 1. The molecular formula is C18H22BrN. The highest BCUT2D eigenvalue weighted by molar-refractivity contribution is 9.10. The second kappa shape index (κ2) is 7.05. The zero-order valence-electron chi connectivity index (χ0n) is 12.4. The number of rotatable bonds is 5. The van der Waals surface area contributed by atoms with Crippen molar-refractivity contribution < 1.29 is 0 Å². The largest absolute Gasteiger partial charge is 0.310 e. The fourth-order valence-corrected chi connectivity index (χ4v) is 2.65. The molecule has 0 aliphatic carbocycles. The molecule has 2 heteroatoms. The maximum Gasteiger partial charge on any atom is 0.0360 e. The Hall–Kier alpha value is -1.12. The zero-order chi connectivity index (χ0) is 14.5. The average Bonchev–Trinajstić information content (AvgIpc) is 2.44. The maximum absolute atomic E-state index is 3.59. The third kappa shape index (κ3) is 3.94. The lowest BCUT2D eigenvalue weighted by atomic mass is 9.97. The van der Waals surface area contributed by atoms with Crippen molar-refractivity contribution in [2.75, 3.05) is 6.54 Å². The molecule has 0 heterocycles. The quantitative estimate of drug-likeness (QED) is 0.816. The topological polar surface area (TPSA) is 12.0 Å². The van der Waals surface area contributed by atoms with Crippen LogP contribution in [-0.2, 0) is 6.42 Å². The minimum Gasteiger partial charge on any atom is -0.310 e. The second-order valence-electron chi connectivity index (χ2n) is 5.31. The Morgan fingerprint density at radius 3 is 2.35 bits per heavy atom. The molecule has 1 unspecified atom stereocenters. The van der Waals surface area contributed by atoms with Gasteiger partial charge in [0.2, 0.25) is 0 Å². The van der Waals surface area contributed by atoms with Gasteiger partial charge in [0, 0.05) is 10.5 Å². The smallest absolute Gasteiger partial charge is 0.0360 e. The highest BCUT2D eigenvalue weighted by Gasteiger charge is 2.12. The summed E-state index contributed by atoms with van der Waals surface area (Å²) in [5.74, 6) is 0. The highest BCUT2D eigenvalue weighted by atomic mass is 79.9. The van der Waals surface area contributed by atoms with Gasteiger partial charge in [0.25, 0.3) is 0 Å². The Kier molecular flexibility index (Phi) is 5.38. The van der Waals surface area contributed by atoms with Crippen LogP contribution in [0.3, 0.4) is 0 Å². The first kappa shape index (κ1) is 15.3. The van der Waals surface area contributed by atoms with Gasteiger partial charge in [-0.3, -0.25) is 0 Å². The summed E-state index contributed by atoms with van der Waals surface area (Å²) in [5.41, 5.74) is 5.33. The van der Waals surface area contributed by atoms with E-state index in [-0.39, 0.29) is 0 Å². The number of aryl methyl sites for hydroxylation is 2. The third-order valence-corrected chi connectivity index (χ3v) is 4.49. The van der Waals surface area contributed by atoms with Crippen LogP contribution in [0, 0.1) is 13.8 Å². The molecule has 2 aromatic carbocycles. The predicted molar refractivity (Wildman–Crippen MR) is 90.2 cm³/mol. The summed E-state index contributed by atoms with van der Waals surface area (Å²) < 4.78 is 1.17. The lowest BCUT2D eigenvalue weighted by molar-refractivity contribution is 0.549. The molecule has 106 valence electrons. The normalized spacial score (nSPS) is 12.4. The van der Waals surface area contributed by atoms with Gasteiger partial charge in [-0.1, -0.05) is 64.8 Å². The minimum atomic E-state index is 0.370. The van der Waals surface area contributed by atoms with Gasteiger partial charge in [0.15, 0.2) is 0 Å². The molecule has 2 rings (SSSR count). The molecular weight excluding hydrogens is 310 g/mol. The Bertz CT molecular complexity index is 560. The number of nitrogens with one attached hydrogen (secondary N) is 1. The first-order valence-corrected chi connectivity index (χ1v) is 7.94. The van der Waals surface area contributed by atoms with E-state index in [4.69, 9.17) is 0 Å². The summed E-state index contributed by atoms with van der Waals surface area (Å²) in [7, 11) is 0. The van der Waals surface area contributed by atoms with Crippen molar-refractivity contribution in [3.8, 4) is 0 Å². The van der Waals surface area contributed by atoms with Crippen LogP contribution in [0.15, 0.2) is 46.9 Å². The van der Waals surface area contributed by atoms with Crippen molar-refractivity contribution in [3.63, 3.8) is 0 Å². The molecule has 0 saturated carbocycles. The summed E-state index contributed by atoms with van der Waals surface area (Å²) in [6, 6.07) is 15.8. The molecule has 0 saturated heterocycles. The van der Waals surface area contributed by atoms with Crippen LogP contribution < -0.4 is 5.32 Å². The molecule has 1 N–H and O–H groups in total. The molecule has 2 aromatic rings. The van der Waals surface area contributed by atoms with Crippen molar-refractivity contribution in [2.24, 2.45) is 0 Å². The average molecular weight is 332 g/mol. The van der Waals surface area contributed by atoms with Crippen molar-refractivity contribution >= 4 is 15.9 Å². The van der Waals surface area contributed by atoms with E-state index in [2.05, 4.69) is 84.5 Å². The van der Waals surface area contributed by atoms with Gasteiger partial charge in [-0.05, 0) is 49.6 Å². The lowest BCUT2D eigenvalue weighted by Gasteiger charge is -2.19. The van der Waals surface area contributed by atoms with Crippen molar-refractivity contribution in [1.29, 1.82) is 0 Å². The first-order chi connectivity index (χ1) is 9.60. The molecule has 20 heavy (non-hydrogen) atoms. The Morgan fingerprint density at radius 2 is 1.75 bits per heavy atom. The van der Waals surface area contributed by atoms with Crippen LogP contribution in [0.4, 0.5) is 0 Å². The van der Waals surface area contributed by atoms with Crippen molar-refractivity contribution in [1.82, 2.24) is 5.32 Å². The van der Waals surface area contributed by atoms with E-state index < -0.39 is 0 Å². The predicted octanol–water partition coefficient (Wildman–Crippen LogP) is 4.96. The van der Waals surface area contributed by atoms with Crippen molar-refractivity contribution in [2.45, 2.75) is 33.2 Å². The monoisotopic (exact) mass is 331 g/mol. The molecule has 0 bridgehead atoms. The molecule has 0 amide bonds. The van der Waals surface area contributed by atoms with E-state index in [0.29, 0.717) is 6.04 Å². The maximum atomic E-state index is 3.59. The van der Waals surface area contributed by atoms with Gasteiger partial charge in [-0.15, -0.1) is 0 Å². The van der Waals surface area contributed by atoms with Crippen LogP contribution in [0.25, 0.3) is 0 Å². The summed E-state index contributed by atoms with van der Waals surface area (Å²) in [6.45, 7) is 7.41. The van der Waals surface area contributed by atoms with Crippen LogP contribution in [0.2, 0.25) is 0 Å². The van der Waals surface area contributed by atoms with Gasteiger partial charge in [-0.25, -0.2) is 0 Å². The SMILES string of the molecule is CCNC(Cc1ccc(C)cc1)c1ccc(Br)c(C)c1. The van der Waals surface area contributed by atoms with Crippen LogP contribution in [-0.4, -0.2) is 6.54 Å². The molecule has 0 radical (unpaired) electrons. The Labute approximate surface area is 130 Å². The fourth-order valence-electron chi connectivity index (χ4n) is 2.40. The van der Waals surface area contributed by atoms with Gasteiger partial charge in [0.1, 0.15) is 0 Å². The minimum absolute atomic E-state index is 0.370. The van der Waals surface area contributed by atoms with E-state index in [1.807, 2.05) is 0 Å². The number of likely N-dealkylation sites (N-methyl/N-ethyl adjacent to an activating group) is 1. The van der Waals surface area contributed by atoms with Crippen LogP contribution in [0.1, 0.15) is 35.2 Å². The van der Waals surface area contributed by atoms with Crippen LogP contribution in [0.5, 0.6) is 0 Å². The van der Waals surface area contributed by atoms with Gasteiger partial charge in [0.05, 0.1) is 0 Å². The number of hydrogen-bond donors (Lipinski definition) is 1. The summed E-state index contributed by atoms with van der Waals surface area (Å²) in [5, 5.41) is 3.59. The Balaban J connectivity index is 2.21. The molecule has 0 aromatic heterocycles. The van der Waals surface area contributed by atoms with Crippen LogP contribution >= 0.6 is 15.9 Å². The van der Waals surface area contributed by atoms with E-state index in [9.17, 15) is 0 Å². The molecule has 0 spiro atoms. The van der Waals surface area contributed by atoms with Crippen molar-refractivity contribution in [3.05, 3.63) is 69.2 Å². The van der Waals surface area contributed by atoms with E-state index in [0.717, 1.165) is 13.0 Å². The van der Waals surface area contributed by atoms with Gasteiger partial charge < -0.3 is 5.32 Å². The Morgan fingerprint density at radius 1 is 1.05 bits per heavy atom. The molecule has 1 nitrogen and oxygen atoms in total. The van der Waals surface area contributed by atoms with Gasteiger partial charge in [-0.2, -0.15) is 0 Å². The fraction of sp³-hybridized carbons (Fsp3) is 0.333. The summed E-state index contributed by atoms with van der Waals surface area (Å²) in [4.78, 5) is 0. The number of halogens is 1. The molecule has 1 atom stereocenters. The van der Waals surface area contributed by atoms with E-state index in [1.54, 1.807) is 0 Å². The van der Waals surface area contributed by atoms with Gasteiger partial charge >= 0.3 is 0 Å². The van der Waals surface area contributed by atoms with E-state index in [1.165, 1.54) is 26.7 Å². The molecule has 0 aliphatic rings. The summed E-state index contributed by atoms with van der Waals surface area (Å²) >= 11 is 3.57. The third-order valence-electron chi connectivity index (χ3n) is 3.60.